The molecule has 0 amide bonds. The van der Waals surface area contributed by atoms with Gasteiger partial charge in [0.1, 0.15) is 0 Å². The van der Waals surface area contributed by atoms with Crippen LogP contribution in [-0.4, -0.2) is 29.5 Å². The van der Waals surface area contributed by atoms with Crippen LogP contribution in [0.2, 0.25) is 0 Å². The predicted molar refractivity (Wildman–Crippen MR) is 54.2 cm³/mol. The van der Waals surface area contributed by atoms with E-state index in [0.717, 1.165) is 12.6 Å². The van der Waals surface area contributed by atoms with Crippen LogP contribution in [0.3, 0.4) is 0 Å². The van der Waals surface area contributed by atoms with Gasteiger partial charge in [-0.15, -0.1) is 6.58 Å². The lowest BCUT2D eigenvalue weighted by molar-refractivity contribution is -0.117. The Morgan fingerprint density at radius 2 is 2.36 bits per heavy atom. The Bertz CT molecular complexity index is 251. The number of ether oxygens (including phenoxy) is 1. The predicted octanol–water partition coefficient (Wildman–Crippen LogP) is 1.62. The third kappa shape index (κ3) is 3.64. The Morgan fingerprint density at radius 3 is 2.71 bits per heavy atom. The zero-order valence-corrected chi connectivity index (χ0v) is 8.69. The minimum atomic E-state index is -0.445. The fourth-order valence-corrected chi connectivity index (χ4v) is 1.22. The molecule has 4 nitrogen and oxygen atoms in total. The first kappa shape index (κ1) is 12.8. The van der Waals surface area contributed by atoms with E-state index in [1.807, 2.05) is 6.92 Å². The Hall–Kier alpha value is -1.25. The highest BCUT2D eigenvalue weighted by molar-refractivity contribution is 6.25. The van der Waals surface area contributed by atoms with Crippen LogP contribution in [0.15, 0.2) is 12.7 Å². The van der Waals surface area contributed by atoms with Crippen LogP contribution >= 0.6 is 0 Å². The third-order valence-corrected chi connectivity index (χ3v) is 2.37. The largest absolute Gasteiger partial charge is 0.374 e. The summed E-state index contributed by atoms with van der Waals surface area (Å²) >= 11 is 0. The van der Waals surface area contributed by atoms with Crippen molar-refractivity contribution in [3.8, 4) is 0 Å². The lowest BCUT2D eigenvalue weighted by Gasteiger charge is -2.26. The van der Waals surface area contributed by atoms with E-state index in [2.05, 4.69) is 11.4 Å². The van der Waals surface area contributed by atoms with Crippen molar-refractivity contribution in [1.82, 2.24) is 0 Å². The first-order chi connectivity index (χ1) is 6.64. The molecule has 0 aliphatic heterocycles. The summed E-state index contributed by atoms with van der Waals surface area (Å²) in [5.74, 6) is -0.218. The second-order valence-electron chi connectivity index (χ2n) is 3.04. The molecule has 4 heteroatoms. The van der Waals surface area contributed by atoms with E-state index in [1.165, 1.54) is 0 Å². The third-order valence-electron chi connectivity index (χ3n) is 2.37. The van der Waals surface area contributed by atoms with Gasteiger partial charge in [0.05, 0.1) is 5.60 Å². The van der Waals surface area contributed by atoms with Crippen LogP contribution in [0.25, 0.3) is 5.53 Å². The zero-order valence-electron chi connectivity index (χ0n) is 8.69. The molecule has 1 atom stereocenters. The van der Waals surface area contributed by atoms with Crippen molar-refractivity contribution >= 4 is 12.0 Å². The summed E-state index contributed by atoms with van der Waals surface area (Å²) < 4.78 is 5.29. The molecular formula is C10H16N2O2. The van der Waals surface area contributed by atoms with E-state index < -0.39 is 5.60 Å². The molecule has 0 aromatic carbocycles. The molecule has 0 aliphatic carbocycles. The molecule has 0 radical (unpaired) electrons. The number of hydrogen-bond donors (Lipinski definition) is 0. The standard InChI is InChI=1S/C10H16N2O2/c1-4-10(5-2,14-3)7-6-9(13)8-12-11/h4,8H,1,5-7H2,2-3H3. The first-order valence-corrected chi connectivity index (χ1v) is 4.53. The summed E-state index contributed by atoms with van der Waals surface area (Å²) in [7, 11) is 1.59. The highest BCUT2D eigenvalue weighted by Gasteiger charge is 2.24. The molecule has 0 saturated heterocycles. The van der Waals surface area contributed by atoms with Crippen molar-refractivity contribution in [2.45, 2.75) is 31.8 Å². The van der Waals surface area contributed by atoms with E-state index in [1.54, 1.807) is 13.2 Å². The number of carbonyl (C=O) groups is 1. The zero-order chi connectivity index (χ0) is 11.0. The maximum absolute atomic E-state index is 11.0. The minimum absolute atomic E-state index is 0.218. The van der Waals surface area contributed by atoms with Gasteiger partial charge in [0.15, 0.2) is 0 Å². The van der Waals surface area contributed by atoms with Gasteiger partial charge >= 0.3 is 6.21 Å². The van der Waals surface area contributed by atoms with Crippen molar-refractivity contribution in [3.63, 3.8) is 0 Å². The van der Waals surface area contributed by atoms with Gasteiger partial charge in [-0.1, -0.05) is 13.0 Å². The van der Waals surface area contributed by atoms with Crippen LogP contribution < -0.4 is 0 Å². The maximum atomic E-state index is 11.0. The van der Waals surface area contributed by atoms with Gasteiger partial charge in [-0.2, -0.15) is 4.79 Å². The Balaban J connectivity index is 4.25. The van der Waals surface area contributed by atoms with Crippen LogP contribution in [-0.2, 0) is 9.53 Å². The molecule has 0 saturated carbocycles. The fraction of sp³-hybridized carbons (Fsp3) is 0.600. The molecule has 0 spiro atoms. The van der Waals surface area contributed by atoms with E-state index in [4.69, 9.17) is 10.3 Å². The van der Waals surface area contributed by atoms with E-state index in [9.17, 15) is 4.79 Å². The van der Waals surface area contributed by atoms with Crippen LogP contribution in [0.4, 0.5) is 0 Å². The lowest BCUT2D eigenvalue weighted by Crippen LogP contribution is -2.28. The molecule has 1 unspecified atom stereocenters. The molecule has 0 bridgehead atoms. The van der Waals surface area contributed by atoms with Crippen LogP contribution in [0.1, 0.15) is 26.2 Å². The van der Waals surface area contributed by atoms with Crippen molar-refractivity contribution in [2.75, 3.05) is 7.11 Å². The van der Waals surface area contributed by atoms with Gasteiger partial charge in [0.2, 0.25) is 5.78 Å². The molecule has 0 fully saturated rings. The molecule has 0 rings (SSSR count). The van der Waals surface area contributed by atoms with E-state index in [-0.39, 0.29) is 12.2 Å². The minimum Gasteiger partial charge on any atom is -0.374 e. The quantitative estimate of drug-likeness (QED) is 0.269. The van der Waals surface area contributed by atoms with Gasteiger partial charge in [0, 0.05) is 13.5 Å². The summed E-state index contributed by atoms with van der Waals surface area (Å²) in [5, 5.41) is 0. The second kappa shape index (κ2) is 6.24. The normalized spacial score (nSPS) is 13.9. The van der Waals surface area contributed by atoms with Gasteiger partial charge in [-0.3, -0.25) is 4.79 Å². The van der Waals surface area contributed by atoms with Crippen molar-refractivity contribution in [2.24, 2.45) is 0 Å². The average Bonchev–Trinajstić information content (AvgIpc) is 2.21. The number of hydrogen-bond acceptors (Lipinski definition) is 2. The molecule has 14 heavy (non-hydrogen) atoms. The molecule has 0 N–H and O–H groups in total. The molecule has 0 aromatic heterocycles. The summed E-state index contributed by atoms with van der Waals surface area (Å²) in [5.41, 5.74) is 7.69. The van der Waals surface area contributed by atoms with Gasteiger partial charge in [-0.25, -0.2) is 0 Å². The van der Waals surface area contributed by atoms with Crippen LogP contribution in [0.5, 0.6) is 0 Å². The van der Waals surface area contributed by atoms with Gasteiger partial charge in [0.25, 0.3) is 0 Å². The maximum Gasteiger partial charge on any atom is 0.323 e. The number of carbonyl (C=O) groups excluding carboxylic acids is 1. The molecule has 0 aliphatic rings. The van der Waals surface area contributed by atoms with Crippen LogP contribution in [0, 0.1) is 0 Å². The highest BCUT2D eigenvalue weighted by Crippen LogP contribution is 2.22. The Labute approximate surface area is 84.2 Å². The van der Waals surface area contributed by atoms with Crippen molar-refractivity contribution in [1.29, 1.82) is 0 Å². The lowest BCUT2D eigenvalue weighted by atomic mass is 9.93. The summed E-state index contributed by atoms with van der Waals surface area (Å²) in [4.78, 5) is 13.7. The summed E-state index contributed by atoms with van der Waals surface area (Å²) in [6, 6.07) is 0. The average molecular weight is 196 g/mol. The van der Waals surface area contributed by atoms with Gasteiger partial charge in [-0.05, 0) is 12.8 Å². The topological polar surface area (TPSA) is 62.7 Å². The molecular weight excluding hydrogens is 180 g/mol. The highest BCUT2D eigenvalue weighted by atomic mass is 16.5. The number of Topliss-reactive ketones (excluding diaryl/α,β-unsaturated/α-hetero) is 1. The van der Waals surface area contributed by atoms with E-state index >= 15 is 0 Å². The fourth-order valence-electron chi connectivity index (χ4n) is 1.22. The number of nitrogens with zero attached hydrogens (tertiary/aromatic N) is 2. The molecule has 0 aromatic rings. The van der Waals surface area contributed by atoms with Gasteiger partial charge < -0.3 is 10.3 Å². The van der Waals surface area contributed by atoms with E-state index in [0.29, 0.717) is 6.42 Å². The summed E-state index contributed by atoms with van der Waals surface area (Å²) in [6.07, 6.45) is 4.21. The van der Waals surface area contributed by atoms with Crippen molar-refractivity contribution < 1.29 is 14.3 Å². The number of rotatable bonds is 7. The Morgan fingerprint density at radius 1 is 1.71 bits per heavy atom. The SMILES string of the molecule is C=CC(CC)(CCC(=O)C=[N+]=[N-])OC. The summed E-state index contributed by atoms with van der Waals surface area (Å²) in [6.45, 7) is 5.65. The molecule has 0 heterocycles. The second-order valence-corrected chi connectivity index (χ2v) is 3.04. The number of ketones is 1. The monoisotopic (exact) mass is 196 g/mol. The molecule has 78 valence electrons. The Kier molecular flexibility index (Phi) is 5.68. The smallest absolute Gasteiger partial charge is 0.323 e. The first-order valence-electron chi connectivity index (χ1n) is 4.53. The van der Waals surface area contributed by atoms with Crippen molar-refractivity contribution in [3.05, 3.63) is 18.2 Å². The number of methoxy groups -OCH3 is 1.